The molecule has 0 saturated carbocycles. The van der Waals surface area contributed by atoms with E-state index in [0.29, 0.717) is 54.1 Å². The summed E-state index contributed by atoms with van der Waals surface area (Å²) in [6.07, 6.45) is 3.56. The Morgan fingerprint density at radius 1 is 0.646 bits per heavy atom. The van der Waals surface area contributed by atoms with Gasteiger partial charge in [0.2, 0.25) is 17.4 Å². The summed E-state index contributed by atoms with van der Waals surface area (Å²) in [6, 6.07) is 15.3. The smallest absolute Gasteiger partial charge is 0.240 e. The molecule has 11 nitrogen and oxygen atoms in total. The summed E-state index contributed by atoms with van der Waals surface area (Å²) in [5.74, 6) is 3.50. The van der Waals surface area contributed by atoms with Gasteiger partial charge < -0.3 is 33.3 Å². The molecular formula is C37H44N4O7. The Morgan fingerprint density at radius 2 is 1.08 bits per heavy atom. The fourth-order valence-corrected chi connectivity index (χ4v) is 6.26. The molecule has 0 spiro atoms. The van der Waals surface area contributed by atoms with Crippen LogP contribution in [0.2, 0.25) is 0 Å². The van der Waals surface area contributed by atoms with Crippen LogP contribution in [-0.4, -0.2) is 87.5 Å². The van der Waals surface area contributed by atoms with E-state index in [-0.39, 0.29) is 17.9 Å². The van der Waals surface area contributed by atoms with E-state index in [0.717, 1.165) is 40.2 Å². The lowest BCUT2D eigenvalue weighted by molar-refractivity contribution is -0.145. The van der Waals surface area contributed by atoms with E-state index in [4.69, 9.17) is 28.4 Å². The normalized spacial score (nSPS) is 15.0. The monoisotopic (exact) mass is 656 g/mol. The van der Waals surface area contributed by atoms with Crippen molar-refractivity contribution in [2.75, 3.05) is 55.7 Å². The zero-order valence-electron chi connectivity index (χ0n) is 28.9. The van der Waals surface area contributed by atoms with Gasteiger partial charge >= 0.3 is 0 Å². The maximum atomic E-state index is 14.0. The molecule has 254 valence electrons. The number of rotatable bonds is 13. The Kier molecular flexibility index (Phi) is 10.9. The van der Waals surface area contributed by atoms with E-state index >= 15 is 0 Å². The minimum Gasteiger partial charge on any atom is -0.493 e. The van der Waals surface area contributed by atoms with Crippen molar-refractivity contribution in [1.82, 2.24) is 19.8 Å². The minimum absolute atomic E-state index is 0.112. The Balaban J connectivity index is 1.34. The highest BCUT2D eigenvalue weighted by molar-refractivity contribution is 5.83. The zero-order valence-corrected chi connectivity index (χ0v) is 28.9. The SMILES string of the molecule is COc1cc(-c2cc(CN3CCN(Cc4ccnc(-c5cc(OC)c(OC)c(OC)c5)c4)[C@@H](C(C)C)C3=O)ccn2)cc(OC)c1OC. The third kappa shape index (κ3) is 7.11. The van der Waals surface area contributed by atoms with Crippen LogP contribution < -0.4 is 28.4 Å². The molecule has 1 aliphatic rings. The Bertz CT molecular complexity index is 1690. The summed E-state index contributed by atoms with van der Waals surface area (Å²) in [5, 5.41) is 0. The average Bonchev–Trinajstić information content (AvgIpc) is 3.11. The summed E-state index contributed by atoms with van der Waals surface area (Å²) in [6.45, 7) is 6.64. The molecule has 0 N–H and O–H groups in total. The van der Waals surface area contributed by atoms with Gasteiger partial charge in [-0.2, -0.15) is 0 Å². The number of nitrogens with zero attached hydrogens (tertiary/aromatic N) is 4. The fourth-order valence-electron chi connectivity index (χ4n) is 6.26. The lowest BCUT2D eigenvalue weighted by atomic mass is 9.97. The molecule has 1 aliphatic heterocycles. The third-order valence-corrected chi connectivity index (χ3v) is 8.58. The maximum Gasteiger partial charge on any atom is 0.240 e. The van der Waals surface area contributed by atoms with Gasteiger partial charge in [0, 0.05) is 49.7 Å². The summed E-state index contributed by atoms with van der Waals surface area (Å²) in [4.78, 5) is 27.5. The molecule has 0 aliphatic carbocycles. The largest absolute Gasteiger partial charge is 0.493 e. The number of carbonyl (C=O) groups is 1. The van der Waals surface area contributed by atoms with Gasteiger partial charge in [-0.25, -0.2) is 0 Å². The molecule has 48 heavy (non-hydrogen) atoms. The van der Waals surface area contributed by atoms with Gasteiger partial charge in [0.25, 0.3) is 0 Å². The Morgan fingerprint density at radius 3 is 1.48 bits per heavy atom. The molecule has 2 aromatic heterocycles. The predicted octanol–water partition coefficient (Wildman–Crippen LogP) is 5.73. The molecule has 1 atom stereocenters. The van der Waals surface area contributed by atoms with E-state index in [9.17, 15) is 4.79 Å². The Hall–Kier alpha value is -5.03. The molecule has 0 bridgehead atoms. The lowest BCUT2D eigenvalue weighted by Crippen LogP contribution is -2.58. The number of pyridine rings is 2. The van der Waals surface area contributed by atoms with Gasteiger partial charge in [0.05, 0.1) is 60.1 Å². The first-order valence-corrected chi connectivity index (χ1v) is 15.8. The third-order valence-electron chi connectivity index (χ3n) is 8.58. The first-order valence-electron chi connectivity index (χ1n) is 15.8. The van der Waals surface area contributed by atoms with Gasteiger partial charge in [-0.15, -0.1) is 0 Å². The molecule has 3 heterocycles. The van der Waals surface area contributed by atoms with Gasteiger partial charge in [-0.3, -0.25) is 19.7 Å². The molecule has 4 aromatic rings. The van der Waals surface area contributed by atoms with Crippen molar-refractivity contribution in [3.63, 3.8) is 0 Å². The van der Waals surface area contributed by atoms with Crippen molar-refractivity contribution in [3.05, 3.63) is 72.1 Å². The van der Waals surface area contributed by atoms with Crippen LogP contribution in [0.5, 0.6) is 34.5 Å². The van der Waals surface area contributed by atoms with Crippen LogP contribution in [0.15, 0.2) is 60.9 Å². The second-order valence-corrected chi connectivity index (χ2v) is 11.8. The summed E-state index contributed by atoms with van der Waals surface area (Å²) in [5.41, 5.74) is 5.24. The van der Waals surface area contributed by atoms with Crippen molar-refractivity contribution in [1.29, 1.82) is 0 Å². The number of hydrogen-bond acceptors (Lipinski definition) is 10. The molecule has 0 radical (unpaired) electrons. The van der Waals surface area contributed by atoms with Gasteiger partial charge in [-0.1, -0.05) is 13.8 Å². The van der Waals surface area contributed by atoms with Crippen LogP contribution in [0.25, 0.3) is 22.5 Å². The average molecular weight is 657 g/mol. The zero-order chi connectivity index (χ0) is 34.4. The number of hydrogen-bond donors (Lipinski definition) is 0. The van der Waals surface area contributed by atoms with E-state index in [2.05, 4.69) is 34.8 Å². The first kappa shape index (κ1) is 34.3. The van der Waals surface area contributed by atoms with Crippen LogP contribution in [0.4, 0.5) is 0 Å². The number of amides is 1. The fraction of sp³-hybridized carbons (Fsp3) is 0.378. The molecular weight excluding hydrogens is 612 g/mol. The molecule has 1 saturated heterocycles. The molecule has 5 rings (SSSR count). The highest BCUT2D eigenvalue weighted by Crippen LogP contribution is 2.42. The first-order chi connectivity index (χ1) is 23.2. The van der Waals surface area contributed by atoms with Gasteiger partial charge in [0.1, 0.15) is 0 Å². The minimum atomic E-state index is -0.270. The second-order valence-electron chi connectivity index (χ2n) is 11.8. The number of ether oxygens (including phenoxy) is 6. The van der Waals surface area contributed by atoms with Crippen LogP contribution in [0.1, 0.15) is 25.0 Å². The van der Waals surface area contributed by atoms with E-state index in [1.54, 1.807) is 55.1 Å². The van der Waals surface area contributed by atoms with Crippen molar-refractivity contribution >= 4 is 5.91 Å². The summed E-state index contributed by atoms with van der Waals surface area (Å²) in [7, 11) is 9.52. The highest BCUT2D eigenvalue weighted by Gasteiger charge is 2.36. The van der Waals surface area contributed by atoms with Crippen LogP contribution in [0.3, 0.4) is 0 Å². The van der Waals surface area contributed by atoms with Gasteiger partial charge in [0.15, 0.2) is 23.0 Å². The van der Waals surface area contributed by atoms with E-state index in [1.165, 1.54) is 0 Å². The Labute approximate surface area is 282 Å². The number of methoxy groups -OCH3 is 6. The number of piperazine rings is 1. The maximum absolute atomic E-state index is 14.0. The molecule has 1 amide bonds. The van der Waals surface area contributed by atoms with E-state index in [1.807, 2.05) is 47.4 Å². The number of aromatic nitrogens is 2. The topological polar surface area (TPSA) is 105 Å². The predicted molar refractivity (Wildman–Crippen MR) is 183 cm³/mol. The molecule has 0 unspecified atom stereocenters. The highest BCUT2D eigenvalue weighted by atomic mass is 16.5. The van der Waals surface area contributed by atoms with Crippen LogP contribution in [-0.2, 0) is 17.9 Å². The molecule has 2 aromatic carbocycles. The summed E-state index contributed by atoms with van der Waals surface area (Å²) >= 11 is 0. The standard InChI is InChI=1S/C37H44N4O7/c1-23(2)34-37(42)41(22-25-10-12-39-29(16-25)27-19-32(45-5)36(48-8)33(20-27)46-6)14-13-40(34)21-24-9-11-38-28(15-24)26-17-30(43-3)35(47-7)31(18-26)44-4/h9-12,15-20,23,34H,13-14,21-22H2,1-8H3/t34-/m0/s1. The lowest BCUT2D eigenvalue weighted by Gasteiger charge is -2.42. The van der Waals surface area contributed by atoms with E-state index < -0.39 is 0 Å². The van der Waals surface area contributed by atoms with Crippen LogP contribution >= 0.6 is 0 Å². The van der Waals surface area contributed by atoms with Crippen molar-refractivity contribution in [2.45, 2.75) is 33.0 Å². The summed E-state index contributed by atoms with van der Waals surface area (Å²) < 4.78 is 33.1. The quantitative estimate of drug-likeness (QED) is 0.177. The van der Waals surface area contributed by atoms with Crippen molar-refractivity contribution < 1.29 is 33.2 Å². The van der Waals surface area contributed by atoms with Crippen LogP contribution in [0, 0.1) is 5.92 Å². The number of benzene rings is 2. The van der Waals surface area contributed by atoms with Crippen molar-refractivity contribution in [2.24, 2.45) is 5.92 Å². The second kappa shape index (κ2) is 15.2. The molecule has 1 fully saturated rings. The number of carbonyl (C=O) groups excluding carboxylic acids is 1. The van der Waals surface area contributed by atoms with Crippen molar-refractivity contribution in [3.8, 4) is 57.0 Å². The van der Waals surface area contributed by atoms with Gasteiger partial charge in [-0.05, 0) is 65.6 Å². The molecule has 11 heteroatoms.